The molecule has 3 rings (SSSR count). The number of amides is 2. The zero-order valence-electron chi connectivity index (χ0n) is 24.7. The van der Waals surface area contributed by atoms with Crippen molar-refractivity contribution in [2.24, 2.45) is 16.5 Å². The molecule has 0 saturated heterocycles. The highest BCUT2D eigenvalue weighted by Crippen LogP contribution is 2.35. The van der Waals surface area contributed by atoms with Gasteiger partial charge >= 0.3 is 6.09 Å². The Morgan fingerprint density at radius 3 is 2.38 bits per heavy atom. The Morgan fingerprint density at radius 2 is 1.75 bits per heavy atom. The standard InChI is InChI=1S/C31H45N5O3S/c1-6-16-36(21-23-13-11-22(12-14-23)20-35(5)30(38)39-31(2,3)4)29(37)24-17-27-26(34-28(33)18-24)19-25(40-27)10-8-7-9-15-32/h11-14,17,19H,6-10,15-16,18,20-21,32H2,1-5H3,(H2,33,34). The minimum atomic E-state index is -0.536. The molecular weight excluding hydrogens is 522 g/mol. The van der Waals surface area contributed by atoms with Gasteiger partial charge in [0.1, 0.15) is 11.4 Å². The number of nitrogens with zero attached hydrogens (tertiary/aromatic N) is 3. The van der Waals surface area contributed by atoms with Crippen molar-refractivity contribution in [2.45, 2.75) is 84.9 Å². The summed E-state index contributed by atoms with van der Waals surface area (Å²) in [6.07, 6.45) is 7.02. The van der Waals surface area contributed by atoms with Crippen molar-refractivity contribution in [3.8, 4) is 0 Å². The smallest absolute Gasteiger partial charge is 0.410 e. The molecule has 1 aromatic heterocycles. The number of rotatable bonds is 12. The molecule has 40 heavy (non-hydrogen) atoms. The first kappa shape index (κ1) is 31.4. The third-order valence-corrected chi connectivity index (χ3v) is 7.57. The predicted octanol–water partition coefficient (Wildman–Crippen LogP) is 6.00. The van der Waals surface area contributed by atoms with Crippen molar-refractivity contribution in [1.29, 1.82) is 0 Å². The first-order valence-electron chi connectivity index (χ1n) is 14.2. The third kappa shape index (κ3) is 9.48. The van der Waals surface area contributed by atoms with Crippen LogP contribution in [0.25, 0.3) is 6.08 Å². The lowest BCUT2D eigenvalue weighted by Gasteiger charge is -2.25. The summed E-state index contributed by atoms with van der Waals surface area (Å²) in [6, 6.07) is 10.1. The van der Waals surface area contributed by atoms with E-state index in [0.717, 1.165) is 60.3 Å². The number of aryl methyl sites for hydroxylation is 1. The molecular formula is C31H45N5O3S. The molecule has 0 unspecified atom stereocenters. The van der Waals surface area contributed by atoms with Crippen LogP contribution in [0.1, 0.15) is 80.7 Å². The van der Waals surface area contributed by atoms with E-state index in [1.54, 1.807) is 23.3 Å². The lowest BCUT2D eigenvalue weighted by molar-refractivity contribution is -0.127. The Bertz CT molecular complexity index is 1210. The quantitative estimate of drug-likeness (QED) is 0.305. The van der Waals surface area contributed by atoms with E-state index in [9.17, 15) is 9.59 Å². The number of nitrogens with two attached hydrogens (primary N) is 2. The van der Waals surface area contributed by atoms with Gasteiger partial charge in [-0.05, 0) is 76.3 Å². The van der Waals surface area contributed by atoms with Crippen molar-refractivity contribution in [1.82, 2.24) is 9.80 Å². The van der Waals surface area contributed by atoms with Crippen LogP contribution in [0.3, 0.4) is 0 Å². The molecule has 9 heteroatoms. The summed E-state index contributed by atoms with van der Waals surface area (Å²) < 4.78 is 5.44. The molecule has 2 aromatic rings. The van der Waals surface area contributed by atoms with Gasteiger partial charge in [0.25, 0.3) is 5.91 Å². The monoisotopic (exact) mass is 567 g/mol. The van der Waals surface area contributed by atoms with Crippen molar-refractivity contribution >= 4 is 40.9 Å². The lowest BCUT2D eigenvalue weighted by Crippen LogP contribution is -2.34. The highest BCUT2D eigenvalue weighted by molar-refractivity contribution is 7.13. The number of thiophene rings is 1. The van der Waals surface area contributed by atoms with Crippen molar-refractivity contribution in [3.63, 3.8) is 0 Å². The summed E-state index contributed by atoms with van der Waals surface area (Å²) in [5, 5.41) is 0. The van der Waals surface area contributed by atoms with Gasteiger partial charge in [0.05, 0.1) is 10.6 Å². The van der Waals surface area contributed by atoms with Gasteiger partial charge in [-0.25, -0.2) is 9.79 Å². The molecule has 2 amide bonds. The van der Waals surface area contributed by atoms with Gasteiger partial charge in [0.15, 0.2) is 0 Å². The second kappa shape index (κ2) is 14.5. The van der Waals surface area contributed by atoms with Gasteiger partial charge in [0, 0.05) is 43.6 Å². The third-order valence-electron chi connectivity index (χ3n) is 6.44. The Hall–Kier alpha value is -3.17. The largest absolute Gasteiger partial charge is 0.444 e. The van der Waals surface area contributed by atoms with Crippen LogP contribution < -0.4 is 11.5 Å². The number of ether oxygens (including phenoxy) is 1. The number of benzene rings is 1. The van der Waals surface area contributed by atoms with E-state index in [-0.39, 0.29) is 12.0 Å². The minimum Gasteiger partial charge on any atom is -0.444 e. The van der Waals surface area contributed by atoms with Gasteiger partial charge in [0.2, 0.25) is 0 Å². The maximum atomic E-state index is 13.7. The SMILES string of the molecule is CCCN(Cc1ccc(CN(C)C(=O)OC(C)(C)C)cc1)C(=O)C1=Cc2sc(CCCCCN)cc2N=C(N)C1. The average Bonchev–Trinajstić information content (AvgIpc) is 3.18. The van der Waals surface area contributed by atoms with E-state index in [1.165, 1.54) is 4.88 Å². The molecule has 0 saturated carbocycles. The molecule has 0 bridgehead atoms. The highest BCUT2D eigenvalue weighted by Gasteiger charge is 2.23. The number of amidine groups is 1. The van der Waals surface area contributed by atoms with Crippen LogP contribution in [0, 0.1) is 0 Å². The van der Waals surface area contributed by atoms with Gasteiger partial charge in [-0.2, -0.15) is 0 Å². The van der Waals surface area contributed by atoms with Gasteiger partial charge in [-0.3, -0.25) is 4.79 Å². The lowest BCUT2D eigenvalue weighted by atomic mass is 10.1. The maximum Gasteiger partial charge on any atom is 0.410 e. The summed E-state index contributed by atoms with van der Waals surface area (Å²) in [5.74, 6) is 0.445. The average molecular weight is 568 g/mol. The van der Waals surface area contributed by atoms with Gasteiger partial charge < -0.3 is 26.0 Å². The molecule has 0 atom stereocenters. The Labute approximate surface area is 243 Å². The fourth-order valence-electron chi connectivity index (χ4n) is 4.49. The molecule has 4 N–H and O–H groups in total. The second-order valence-electron chi connectivity index (χ2n) is 11.4. The molecule has 0 spiro atoms. The Morgan fingerprint density at radius 1 is 1.07 bits per heavy atom. The number of carbonyl (C=O) groups is 2. The Balaban J connectivity index is 1.69. The van der Waals surface area contributed by atoms with Crippen molar-refractivity contribution in [3.05, 3.63) is 56.8 Å². The number of hydrogen-bond acceptors (Lipinski definition) is 7. The molecule has 0 fully saturated rings. The molecule has 1 aliphatic rings. The summed E-state index contributed by atoms with van der Waals surface area (Å²) in [6.45, 7) is 9.92. The van der Waals surface area contributed by atoms with Crippen LogP contribution >= 0.6 is 11.3 Å². The Kier molecular flexibility index (Phi) is 11.3. The zero-order chi connectivity index (χ0) is 29.3. The molecule has 1 aliphatic heterocycles. The fraction of sp³-hybridized carbons (Fsp3) is 0.516. The summed E-state index contributed by atoms with van der Waals surface area (Å²) in [5.41, 5.74) is 14.9. The zero-order valence-corrected chi connectivity index (χ0v) is 25.5. The normalized spacial score (nSPS) is 13.2. The number of fused-ring (bicyclic) bond motifs is 1. The first-order valence-corrected chi connectivity index (χ1v) is 15.0. The first-order chi connectivity index (χ1) is 19.0. The van der Waals surface area contributed by atoms with Gasteiger partial charge in [-0.1, -0.05) is 37.6 Å². The molecule has 1 aromatic carbocycles. The van der Waals surface area contributed by atoms with E-state index in [4.69, 9.17) is 16.2 Å². The highest BCUT2D eigenvalue weighted by atomic mass is 32.1. The van der Waals surface area contributed by atoms with Gasteiger partial charge in [-0.15, -0.1) is 11.3 Å². The summed E-state index contributed by atoms with van der Waals surface area (Å²) in [7, 11) is 1.73. The number of carbonyl (C=O) groups excluding carboxylic acids is 2. The molecule has 0 radical (unpaired) electrons. The number of hydrogen-bond donors (Lipinski definition) is 2. The predicted molar refractivity (Wildman–Crippen MR) is 165 cm³/mol. The topological polar surface area (TPSA) is 114 Å². The summed E-state index contributed by atoms with van der Waals surface area (Å²) in [4.78, 5) is 36.3. The van der Waals surface area contributed by atoms with E-state index in [0.29, 0.717) is 37.5 Å². The molecule has 2 heterocycles. The molecule has 8 nitrogen and oxygen atoms in total. The van der Waals surface area contributed by atoms with E-state index in [2.05, 4.69) is 18.0 Å². The molecule has 218 valence electrons. The number of aliphatic imine (C=N–C) groups is 1. The number of unbranched alkanes of at least 4 members (excludes halogenated alkanes) is 2. The van der Waals surface area contributed by atoms with Crippen LogP contribution in [0.15, 0.2) is 40.9 Å². The van der Waals surface area contributed by atoms with Crippen LogP contribution in [-0.2, 0) is 29.0 Å². The fourth-order valence-corrected chi connectivity index (χ4v) is 5.60. The van der Waals surface area contributed by atoms with Crippen molar-refractivity contribution in [2.75, 3.05) is 20.1 Å². The minimum absolute atomic E-state index is 0.0144. The van der Waals surface area contributed by atoms with Crippen molar-refractivity contribution < 1.29 is 14.3 Å². The van der Waals surface area contributed by atoms with Crippen LogP contribution in [0.2, 0.25) is 0 Å². The van der Waals surface area contributed by atoms with E-state index < -0.39 is 5.60 Å². The summed E-state index contributed by atoms with van der Waals surface area (Å²) >= 11 is 1.69. The molecule has 0 aliphatic carbocycles. The second-order valence-corrected chi connectivity index (χ2v) is 12.6. The van der Waals surface area contributed by atoms with Crippen LogP contribution in [0.4, 0.5) is 10.5 Å². The van der Waals surface area contributed by atoms with E-state index in [1.807, 2.05) is 56.0 Å². The van der Waals surface area contributed by atoms with Crippen LogP contribution in [-0.4, -0.2) is 53.4 Å². The van der Waals surface area contributed by atoms with Crippen LogP contribution in [0.5, 0.6) is 0 Å². The maximum absolute atomic E-state index is 13.7. The van der Waals surface area contributed by atoms with E-state index >= 15 is 0 Å².